The maximum absolute atomic E-state index is 12.4. The van der Waals surface area contributed by atoms with Gasteiger partial charge in [-0.05, 0) is 29.7 Å². The summed E-state index contributed by atoms with van der Waals surface area (Å²) in [6, 6.07) is 14.2. The van der Waals surface area contributed by atoms with Gasteiger partial charge in [0.2, 0.25) is 5.91 Å². The number of ether oxygens (including phenoxy) is 1. The smallest absolute Gasteiger partial charge is 0.327 e. The van der Waals surface area contributed by atoms with Gasteiger partial charge in [0.1, 0.15) is 18.4 Å². The lowest BCUT2D eigenvalue weighted by Gasteiger charge is -2.16. The van der Waals surface area contributed by atoms with E-state index in [1.807, 2.05) is 30.3 Å². The number of aliphatic carboxylic acids is 1. The Kier molecular flexibility index (Phi) is 4.88. The van der Waals surface area contributed by atoms with Crippen LogP contribution in [0.5, 0.6) is 5.75 Å². The van der Waals surface area contributed by atoms with Gasteiger partial charge in [0.05, 0.1) is 5.92 Å². The molecule has 134 valence electrons. The Hall–Kier alpha value is -3.35. The predicted octanol–water partition coefficient (Wildman–Crippen LogP) is 2.11. The summed E-state index contributed by atoms with van der Waals surface area (Å²) in [4.78, 5) is 35.7. The van der Waals surface area contributed by atoms with Crippen molar-refractivity contribution in [3.63, 3.8) is 0 Å². The topological polar surface area (TPSA) is 110 Å². The largest absolute Gasteiger partial charge is 0.489 e. The van der Waals surface area contributed by atoms with Crippen LogP contribution >= 0.6 is 0 Å². The second-order valence-electron chi connectivity index (χ2n) is 6.03. The minimum Gasteiger partial charge on any atom is -0.489 e. The molecule has 3 amide bonds. The SMILES string of the molecule is NC(=O)N1C(=O)[C@H](c2ccc(OCc3ccccc3)cc2)C[C@@H]1C(=O)O. The van der Waals surface area contributed by atoms with E-state index in [-0.39, 0.29) is 6.42 Å². The van der Waals surface area contributed by atoms with Crippen LogP contribution in [0.3, 0.4) is 0 Å². The highest BCUT2D eigenvalue weighted by Crippen LogP contribution is 2.34. The van der Waals surface area contributed by atoms with Crippen molar-refractivity contribution < 1.29 is 24.2 Å². The molecule has 7 nitrogen and oxygen atoms in total. The van der Waals surface area contributed by atoms with E-state index >= 15 is 0 Å². The van der Waals surface area contributed by atoms with Gasteiger partial charge in [0.25, 0.3) is 0 Å². The molecule has 26 heavy (non-hydrogen) atoms. The quantitative estimate of drug-likeness (QED) is 0.854. The third-order valence-electron chi connectivity index (χ3n) is 4.36. The molecular formula is C19H18N2O5. The molecule has 2 aromatic carbocycles. The first kappa shape index (κ1) is 17.5. The molecule has 0 spiro atoms. The first-order valence-corrected chi connectivity index (χ1v) is 8.09. The number of rotatable bonds is 5. The fourth-order valence-corrected chi connectivity index (χ4v) is 3.04. The van der Waals surface area contributed by atoms with Crippen LogP contribution in [0.1, 0.15) is 23.5 Å². The van der Waals surface area contributed by atoms with Crippen LogP contribution in [0.15, 0.2) is 54.6 Å². The number of carboxylic acid groups (broad SMARTS) is 1. The van der Waals surface area contributed by atoms with Crippen molar-refractivity contribution in [3.8, 4) is 5.75 Å². The zero-order chi connectivity index (χ0) is 18.7. The van der Waals surface area contributed by atoms with Crippen molar-refractivity contribution in [1.29, 1.82) is 0 Å². The summed E-state index contributed by atoms with van der Waals surface area (Å²) < 4.78 is 5.69. The summed E-state index contributed by atoms with van der Waals surface area (Å²) >= 11 is 0. The first-order valence-electron chi connectivity index (χ1n) is 8.09. The number of carbonyl (C=O) groups is 3. The second kappa shape index (κ2) is 7.26. The van der Waals surface area contributed by atoms with Gasteiger partial charge in [0.15, 0.2) is 0 Å². The molecule has 0 unspecified atom stereocenters. The molecule has 1 heterocycles. The fourth-order valence-electron chi connectivity index (χ4n) is 3.04. The van der Waals surface area contributed by atoms with E-state index in [0.717, 1.165) is 5.56 Å². The van der Waals surface area contributed by atoms with Crippen molar-refractivity contribution in [3.05, 3.63) is 65.7 Å². The van der Waals surface area contributed by atoms with E-state index in [9.17, 15) is 19.5 Å². The Balaban J connectivity index is 1.71. The Morgan fingerprint density at radius 2 is 1.77 bits per heavy atom. The lowest BCUT2D eigenvalue weighted by atomic mass is 9.96. The molecule has 1 fully saturated rings. The molecule has 0 saturated carbocycles. The van der Waals surface area contributed by atoms with Gasteiger partial charge < -0.3 is 15.6 Å². The predicted molar refractivity (Wildman–Crippen MR) is 92.4 cm³/mol. The van der Waals surface area contributed by atoms with Crippen LogP contribution in [0, 0.1) is 0 Å². The van der Waals surface area contributed by atoms with Crippen molar-refractivity contribution in [2.75, 3.05) is 0 Å². The standard InChI is InChI=1S/C19H18N2O5/c20-19(25)21-16(18(23)24)10-15(17(21)22)13-6-8-14(9-7-13)26-11-12-4-2-1-3-5-12/h1-9,15-16H,10-11H2,(H2,20,25)(H,23,24)/t15-,16+/m0/s1. The maximum Gasteiger partial charge on any atom is 0.327 e. The van der Waals surface area contributed by atoms with Crippen molar-refractivity contribution in [2.45, 2.75) is 25.0 Å². The molecule has 1 aliphatic heterocycles. The Morgan fingerprint density at radius 3 is 2.31 bits per heavy atom. The molecule has 2 atom stereocenters. The van der Waals surface area contributed by atoms with Crippen molar-refractivity contribution in [2.24, 2.45) is 5.73 Å². The number of carbonyl (C=O) groups excluding carboxylic acids is 2. The number of primary amides is 1. The summed E-state index contributed by atoms with van der Waals surface area (Å²) in [5, 5.41) is 9.22. The zero-order valence-corrected chi connectivity index (χ0v) is 13.9. The first-order chi connectivity index (χ1) is 12.5. The zero-order valence-electron chi connectivity index (χ0n) is 13.9. The summed E-state index contributed by atoms with van der Waals surface area (Å²) in [5.41, 5.74) is 6.81. The molecule has 2 aromatic rings. The number of benzene rings is 2. The van der Waals surface area contributed by atoms with Gasteiger partial charge >= 0.3 is 12.0 Å². The summed E-state index contributed by atoms with van der Waals surface area (Å²) in [7, 11) is 0. The normalized spacial score (nSPS) is 19.4. The van der Waals surface area contributed by atoms with E-state index in [1.54, 1.807) is 24.3 Å². The van der Waals surface area contributed by atoms with Gasteiger partial charge in [0, 0.05) is 0 Å². The van der Waals surface area contributed by atoms with Crippen LogP contribution in [0.4, 0.5) is 4.79 Å². The van der Waals surface area contributed by atoms with Gasteiger partial charge in [-0.2, -0.15) is 0 Å². The molecule has 0 radical (unpaired) electrons. The number of likely N-dealkylation sites (tertiary alicyclic amines) is 1. The Labute approximate surface area is 150 Å². The van der Waals surface area contributed by atoms with Gasteiger partial charge in [-0.3, -0.25) is 4.79 Å². The number of imide groups is 1. The van der Waals surface area contributed by atoms with Gasteiger partial charge in [-0.1, -0.05) is 42.5 Å². The molecule has 0 bridgehead atoms. The highest BCUT2D eigenvalue weighted by Gasteiger charge is 2.46. The minimum atomic E-state index is -1.25. The third kappa shape index (κ3) is 3.51. The molecule has 1 aliphatic rings. The van der Waals surface area contributed by atoms with Crippen LogP contribution in [0.2, 0.25) is 0 Å². The van der Waals surface area contributed by atoms with Crippen molar-refractivity contribution in [1.82, 2.24) is 4.90 Å². The van der Waals surface area contributed by atoms with E-state index in [4.69, 9.17) is 10.5 Å². The van der Waals surface area contributed by atoms with Crippen molar-refractivity contribution >= 4 is 17.9 Å². The highest BCUT2D eigenvalue weighted by atomic mass is 16.5. The third-order valence-corrected chi connectivity index (χ3v) is 4.36. The summed E-state index contributed by atoms with van der Waals surface area (Å²) in [6.07, 6.45) is 0.00132. The number of urea groups is 1. The van der Waals surface area contributed by atoms with Crippen LogP contribution < -0.4 is 10.5 Å². The lowest BCUT2D eigenvalue weighted by Crippen LogP contribution is -2.46. The van der Waals surface area contributed by atoms with E-state index in [2.05, 4.69) is 0 Å². The van der Waals surface area contributed by atoms with Crippen LogP contribution in [-0.4, -0.2) is 34.0 Å². The second-order valence-corrected chi connectivity index (χ2v) is 6.03. The number of nitrogens with zero attached hydrogens (tertiary/aromatic N) is 1. The van der Waals surface area contributed by atoms with Crippen LogP contribution in [0.25, 0.3) is 0 Å². The molecule has 0 aliphatic carbocycles. The monoisotopic (exact) mass is 354 g/mol. The summed E-state index contributed by atoms with van der Waals surface area (Å²) in [5.74, 6) is -1.93. The molecular weight excluding hydrogens is 336 g/mol. The summed E-state index contributed by atoms with van der Waals surface area (Å²) in [6.45, 7) is 0.416. The average Bonchev–Trinajstić information content (AvgIpc) is 2.99. The molecule has 3 rings (SSSR count). The molecule has 3 N–H and O–H groups in total. The highest BCUT2D eigenvalue weighted by molar-refractivity contribution is 6.03. The molecule has 7 heteroatoms. The minimum absolute atomic E-state index is 0.00132. The maximum atomic E-state index is 12.4. The van der Waals surface area contributed by atoms with Gasteiger partial charge in [-0.25, -0.2) is 14.5 Å². The Bertz CT molecular complexity index is 820. The average molecular weight is 354 g/mol. The molecule has 0 aromatic heterocycles. The Morgan fingerprint density at radius 1 is 1.12 bits per heavy atom. The van der Waals surface area contributed by atoms with E-state index in [0.29, 0.717) is 22.8 Å². The number of hydrogen-bond acceptors (Lipinski definition) is 4. The van der Waals surface area contributed by atoms with E-state index < -0.39 is 29.9 Å². The number of carboxylic acids is 1. The number of hydrogen-bond donors (Lipinski definition) is 2. The fraction of sp³-hybridized carbons (Fsp3) is 0.211. The molecule has 1 saturated heterocycles. The van der Waals surface area contributed by atoms with Gasteiger partial charge in [-0.15, -0.1) is 0 Å². The van der Waals surface area contributed by atoms with E-state index in [1.165, 1.54) is 0 Å². The van der Waals surface area contributed by atoms with Crippen LogP contribution in [-0.2, 0) is 16.2 Å². The number of nitrogens with two attached hydrogens (primary N) is 1. The lowest BCUT2D eigenvalue weighted by molar-refractivity contribution is -0.144. The number of amides is 3.